The highest BCUT2D eigenvalue weighted by atomic mass is 32.2. The molecule has 0 aliphatic rings. The Morgan fingerprint density at radius 1 is 1.12 bits per heavy atom. The molecule has 0 saturated heterocycles. The van der Waals surface area contributed by atoms with Crippen molar-refractivity contribution in [1.82, 2.24) is 19.7 Å². The van der Waals surface area contributed by atoms with Gasteiger partial charge in [-0.05, 0) is 31.2 Å². The van der Waals surface area contributed by atoms with Gasteiger partial charge in [0, 0.05) is 30.2 Å². The van der Waals surface area contributed by atoms with Gasteiger partial charge in [-0.1, -0.05) is 30.0 Å². The molecule has 1 N–H and O–H groups in total. The molecule has 1 aromatic carbocycles. The molecule has 0 aliphatic heterocycles. The van der Waals surface area contributed by atoms with E-state index >= 15 is 0 Å². The zero-order valence-corrected chi connectivity index (χ0v) is 14.0. The number of pyridine rings is 1. The Morgan fingerprint density at radius 2 is 1.88 bits per heavy atom. The molecule has 7 heteroatoms. The molecule has 0 spiro atoms. The molecule has 0 atom stereocenters. The van der Waals surface area contributed by atoms with Crippen LogP contribution in [-0.4, -0.2) is 31.4 Å². The van der Waals surface area contributed by atoms with Crippen LogP contribution in [0.25, 0.3) is 11.4 Å². The molecule has 0 radical (unpaired) electrons. The number of benzene rings is 1. The summed E-state index contributed by atoms with van der Waals surface area (Å²) in [5, 5.41) is 12.1. The molecule has 0 fully saturated rings. The van der Waals surface area contributed by atoms with Crippen LogP contribution >= 0.6 is 11.8 Å². The van der Waals surface area contributed by atoms with E-state index in [0.717, 1.165) is 28.8 Å². The second-order valence-corrected chi connectivity index (χ2v) is 5.93. The number of aromatic nitrogens is 4. The first-order valence-electron chi connectivity index (χ1n) is 7.59. The maximum atomic E-state index is 12.1. The van der Waals surface area contributed by atoms with Crippen LogP contribution in [0, 0.1) is 0 Å². The van der Waals surface area contributed by atoms with E-state index in [2.05, 4.69) is 20.5 Å². The predicted molar refractivity (Wildman–Crippen MR) is 94.7 cm³/mol. The molecule has 0 bridgehead atoms. The summed E-state index contributed by atoms with van der Waals surface area (Å²) in [6.07, 6.45) is 3.45. The molecule has 3 aromatic rings. The average molecular weight is 339 g/mol. The number of para-hydroxylation sites is 1. The quantitative estimate of drug-likeness (QED) is 0.699. The molecule has 24 heavy (non-hydrogen) atoms. The summed E-state index contributed by atoms with van der Waals surface area (Å²) >= 11 is 1.38. The fraction of sp³-hybridized carbons (Fsp3) is 0.176. The van der Waals surface area contributed by atoms with E-state index in [0.29, 0.717) is 0 Å². The van der Waals surface area contributed by atoms with E-state index in [9.17, 15) is 4.79 Å². The maximum Gasteiger partial charge on any atom is 0.234 e. The fourth-order valence-electron chi connectivity index (χ4n) is 2.24. The molecule has 1 amide bonds. The SMILES string of the molecule is CCn1c(SCC(=O)Nc2ccccc2)nnc1-c1ccncc1. The van der Waals surface area contributed by atoms with Crippen LogP contribution in [0.4, 0.5) is 5.69 Å². The van der Waals surface area contributed by atoms with Gasteiger partial charge in [0.15, 0.2) is 11.0 Å². The van der Waals surface area contributed by atoms with Crippen molar-refractivity contribution in [1.29, 1.82) is 0 Å². The Kier molecular flexibility index (Phi) is 5.22. The van der Waals surface area contributed by atoms with Gasteiger partial charge in [0.2, 0.25) is 5.91 Å². The molecule has 2 heterocycles. The van der Waals surface area contributed by atoms with Gasteiger partial charge in [0.25, 0.3) is 0 Å². The summed E-state index contributed by atoms with van der Waals surface area (Å²) in [5.74, 6) is 0.997. The number of carbonyl (C=O) groups is 1. The number of thioether (sulfide) groups is 1. The molecule has 0 unspecified atom stereocenters. The van der Waals surface area contributed by atoms with Crippen molar-refractivity contribution in [2.24, 2.45) is 0 Å². The lowest BCUT2D eigenvalue weighted by atomic mass is 10.2. The molecule has 3 rings (SSSR count). The van der Waals surface area contributed by atoms with Gasteiger partial charge in [-0.3, -0.25) is 9.78 Å². The van der Waals surface area contributed by atoms with E-state index in [-0.39, 0.29) is 11.7 Å². The van der Waals surface area contributed by atoms with Crippen molar-refractivity contribution in [3.05, 3.63) is 54.9 Å². The van der Waals surface area contributed by atoms with Crippen molar-refractivity contribution in [2.45, 2.75) is 18.6 Å². The van der Waals surface area contributed by atoms with Gasteiger partial charge in [-0.25, -0.2) is 0 Å². The number of carbonyl (C=O) groups excluding carboxylic acids is 1. The predicted octanol–water partition coefficient (Wildman–Crippen LogP) is 3.09. The highest BCUT2D eigenvalue weighted by Gasteiger charge is 2.14. The molecular weight excluding hydrogens is 322 g/mol. The third-order valence-electron chi connectivity index (χ3n) is 3.36. The standard InChI is InChI=1S/C17H17N5OS/c1-2-22-16(13-8-10-18-11-9-13)20-21-17(22)24-12-15(23)19-14-6-4-3-5-7-14/h3-11H,2,12H2,1H3,(H,19,23). The van der Waals surface area contributed by atoms with Crippen LogP contribution in [-0.2, 0) is 11.3 Å². The van der Waals surface area contributed by atoms with E-state index in [1.165, 1.54) is 11.8 Å². The van der Waals surface area contributed by atoms with Gasteiger partial charge in [-0.15, -0.1) is 10.2 Å². The third kappa shape index (κ3) is 3.80. The molecule has 6 nitrogen and oxygen atoms in total. The van der Waals surface area contributed by atoms with Crippen LogP contribution in [0.2, 0.25) is 0 Å². The summed E-state index contributed by atoms with van der Waals surface area (Å²) in [5.41, 5.74) is 1.75. The first-order chi connectivity index (χ1) is 11.8. The molecule has 0 aliphatic carbocycles. The zero-order chi connectivity index (χ0) is 16.8. The Labute approximate surface area is 144 Å². The minimum absolute atomic E-state index is 0.0673. The van der Waals surface area contributed by atoms with Gasteiger partial charge in [-0.2, -0.15) is 0 Å². The second kappa shape index (κ2) is 7.74. The summed E-state index contributed by atoms with van der Waals surface area (Å²) in [6.45, 7) is 2.76. The second-order valence-electron chi connectivity index (χ2n) is 4.99. The van der Waals surface area contributed by atoms with Crippen LogP contribution in [0.5, 0.6) is 0 Å². The van der Waals surface area contributed by atoms with Crippen LogP contribution in [0.15, 0.2) is 60.0 Å². The monoisotopic (exact) mass is 339 g/mol. The van der Waals surface area contributed by atoms with Crippen molar-refractivity contribution < 1.29 is 4.79 Å². The Balaban J connectivity index is 1.67. The molecular formula is C17H17N5OS. The van der Waals surface area contributed by atoms with Gasteiger partial charge >= 0.3 is 0 Å². The van der Waals surface area contributed by atoms with Gasteiger partial charge in [0.05, 0.1) is 5.75 Å². The number of hydrogen-bond acceptors (Lipinski definition) is 5. The highest BCUT2D eigenvalue weighted by Crippen LogP contribution is 2.23. The average Bonchev–Trinajstić information content (AvgIpc) is 3.04. The summed E-state index contributed by atoms with van der Waals surface area (Å²) in [6, 6.07) is 13.2. The van der Waals surface area contributed by atoms with Crippen molar-refractivity contribution in [3.8, 4) is 11.4 Å². The van der Waals surface area contributed by atoms with E-state index in [1.54, 1.807) is 12.4 Å². The zero-order valence-electron chi connectivity index (χ0n) is 13.2. The minimum Gasteiger partial charge on any atom is -0.325 e. The van der Waals surface area contributed by atoms with E-state index < -0.39 is 0 Å². The Morgan fingerprint density at radius 3 is 2.58 bits per heavy atom. The topological polar surface area (TPSA) is 72.7 Å². The number of hydrogen-bond donors (Lipinski definition) is 1. The smallest absolute Gasteiger partial charge is 0.234 e. The number of rotatable bonds is 6. The lowest BCUT2D eigenvalue weighted by molar-refractivity contribution is -0.113. The lowest BCUT2D eigenvalue weighted by Crippen LogP contribution is -2.14. The number of nitrogens with zero attached hydrogens (tertiary/aromatic N) is 4. The minimum atomic E-state index is -0.0673. The Hall–Kier alpha value is -2.67. The maximum absolute atomic E-state index is 12.1. The number of amides is 1. The van der Waals surface area contributed by atoms with E-state index in [1.807, 2.05) is 54.0 Å². The van der Waals surface area contributed by atoms with Crippen molar-refractivity contribution >= 4 is 23.4 Å². The Bertz CT molecular complexity index is 804. The summed E-state index contributed by atoms with van der Waals surface area (Å²) in [4.78, 5) is 16.1. The highest BCUT2D eigenvalue weighted by molar-refractivity contribution is 7.99. The van der Waals surface area contributed by atoms with E-state index in [4.69, 9.17) is 0 Å². The summed E-state index contributed by atoms with van der Waals surface area (Å²) < 4.78 is 2.00. The normalized spacial score (nSPS) is 10.5. The first kappa shape index (κ1) is 16.2. The summed E-state index contributed by atoms with van der Waals surface area (Å²) in [7, 11) is 0. The third-order valence-corrected chi connectivity index (χ3v) is 4.33. The number of anilines is 1. The molecule has 2 aromatic heterocycles. The van der Waals surface area contributed by atoms with Gasteiger partial charge in [0.1, 0.15) is 0 Å². The number of nitrogens with one attached hydrogen (secondary N) is 1. The van der Waals surface area contributed by atoms with Gasteiger partial charge < -0.3 is 9.88 Å². The van der Waals surface area contributed by atoms with Crippen molar-refractivity contribution in [2.75, 3.05) is 11.1 Å². The lowest BCUT2D eigenvalue weighted by Gasteiger charge is -2.07. The molecule has 122 valence electrons. The van der Waals surface area contributed by atoms with Crippen LogP contribution in [0.1, 0.15) is 6.92 Å². The fourth-order valence-corrected chi connectivity index (χ4v) is 3.05. The van der Waals surface area contributed by atoms with Crippen molar-refractivity contribution in [3.63, 3.8) is 0 Å². The molecule has 0 saturated carbocycles. The largest absolute Gasteiger partial charge is 0.325 e. The first-order valence-corrected chi connectivity index (χ1v) is 8.57. The van der Waals surface area contributed by atoms with Crippen LogP contribution < -0.4 is 5.32 Å². The van der Waals surface area contributed by atoms with Crippen LogP contribution in [0.3, 0.4) is 0 Å².